The number of nitrogens with one attached hydrogen (secondary N) is 1. The topological polar surface area (TPSA) is 58.6 Å². The maximum absolute atomic E-state index is 13.4. The van der Waals surface area contributed by atoms with Gasteiger partial charge in [0.1, 0.15) is 11.8 Å². The molecule has 0 saturated heterocycles. The largest absolute Gasteiger partial charge is 0.483 e. The SMILES string of the molecule is CC[C@@H](C)NC(=O)[C@H](CC)N(Cc1ccc(C)cc1)C(=O)COc1ccccc1C(C)(C)C. The van der Waals surface area contributed by atoms with Crippen molar-refractivity contribution in [2.75, 3.05) is 6.61 Å². The molecule has 2 aromatic carbocycles. The second kappa shape index (κ2) is 11.9. The predicted octanol–water partition coefficient (Wildman–Crippen LogP) is 5.39. The van der Waals surface area contributed by atoms with Crippen molar-refractivity contribution in [3.05, 3.63) is 65.2 Å². The molecule has 0 aliphatic carbocycles. The van der Waals surface area contributed by atoms with Crippen LogP contribution in [0.4, 0.5) is 0 Å². The van der Waals surface area contributed by atoms with Crippen molar-refractivity contribution in [2.45, 2.75) is 85.4 Å². The lowest BCUT2D eigenvalue weighted by Crippen LogP contribution is -2.51. The zero-order valence-corrected chi connectivity index (χ0v) is 21.3. The van der Waals surface area contributed by atoms with Crippen molar-refractivity contribution >= 4 is 11.8 Å². The van der Waals surface area contributed by atoms with E-state index in [1.807, 2.05) is 76.2 Å². The summed E-state index contributed by atoms with van der Waals surface area (Å²) >= 11 is 0. The highest BCUT2D eigenvalue weighted by atomic mass is 16.5. The van der Waals surface area contributed by atoms with Gasteiger partial charge >= 0.3 is 0 Å². The van der Waals surface area contributed by atoms with Crippen molar-refractivity contribution in [3.63, 3.8) is 0 Å². The Morgan fingerprint density at radius 3 is 2.21 bits per heavy atom. The van der Waals surface area contributed by atoms with E-state index in [0.29, 0.717) is 18.7 Å². The zero-order valence-electron chi connectivity index (χ0n) is 21.3. The van der Waals surface area contributed by atoms with E-state index in [9.17, 15) is 9.59 Å². The lowest BCUT2D eigenvalue weighted by Gasteiger charge is -2.31. The quantitative estimate of drug-likeness (QED) is 0.526. The van der Waals surface area contributed by atoms with Crippen LogP contribution >= 0.6 is 0 Å². The van der Waals surface area contributed by atoms with Crippen molar-refractivity contribution in [1.29, 1.82) is 0 Å². The van der Waals surface area contributed by atoms with Gasteiger partial charge in [0.05, 0.1) is 0 Å². The van der Waals surface area contributed by atoms with Gasteiger partial charge in [0, 0.05) is 12.6 Å². The number of hydrogen-bond donors (Lipinski definition) is 1. The summed E-state index contributed by atoms with van der Waals surface area (Å²) in [6.45, 7) is 14.6. The number of carbonyl (C=O) groups excluding carboxylic acids is 2. The molecule has 180 valence electrons. The van der Waals surface area contributed by atoms with Gasteiger partial charge in [-0.15, -0.1) is 0 Å². The van der Waals surface area contributed by atoms with E-state index in [-0.39, 0.29) is 29.9 Å². The Bertz CT molecular complexity index is 915. The van der Waals surface area contributed by atoms with Crippen LogP contribution in [0.25, 0.3) is 0 Å². The van der Waals surface area contributed by atoms with Gasteiger partial charge in [-0.3, -0.25) is 9.59 Å². The summed E-state index contributed by atoms with van der Waals surface area (Å²) < 4.78 is 6.02. The molecule has 0 saturated carbocycles. The fraction of sp³-hybridized carbons (Fsp3) is 0.500. The number of ether oxygens (including phenoxy) is 1. The summed E-state index contributed by atoms with van der Waals surface area (Å²) in [6, 6.07) is 15.4. The minimum absolute atomic E-state index is 0.0535. The van der Waals surface area contributed by atoms with Gasteiger partial charge in [-0.2, -0.15) is 0 Å². The summed E-state index contributed by atoms with van der Waals surface area (Å²) in [7, 11) is 0. The van der Waals surface area contributed by atoms with Crippen LogP contribution < -0.4 is 10.1 Å². The highest BCUT2D eigenvalue weighted by Gasteiger charge is 2.30. The zero-order chi connectivity index (χ0) is 24.6. The van der Waals surface area contributed by atoms with Crippen LogP contribution in [0.5, 0.6) is 5.75 Å². The van der Waals surface area contributed by atoms with Crippen molar-refractivity contribution < 1.29 is 14.3 Å². The first-order chi connectivity index (χ1) is 15.6. The first-order valence-corrected chi connectivity index (χ1v) is 11.9. The van der Waals surface area contributed by atoms with Crippen LogP contribution in [0.3, 0.4) is 0 Å². The van der Waals surface area contributed by atoms with Crippen LogP contribution in [0.15, 0.2) is 48.5 Å². The van der Waals surface area contributed by atoms with Gasteiger partial charge in [0.15, 0.2) is 6.61 Å². The number of nitrogens with zero attached hydrogens (tertiary/aromatic N) is 1. The molecule has 5 nitrogen and oxygen atoms in total. The van der Waals surface area contributed by atoms with Gasteiger partial charge in [0.2, 0.25) is 5.91 Å². The van der Waals surface area contributed by atoms with Crippen LogP contribution in [0, 0.1) is 6.92 Å². The molecule has 0 spiro atoms. The highest BCUT2D eigenvalue weighted by Crippen LogP contribution is 2.31. The second-order valence-corrected chi connectivity index (χ2v) is 9.78. The molecule has 0 unspecified atom stereocenters. The fourth-order valence-corrected chi connectivity index (χ4v) is 3.69. The maximum atomic E-state index is 13.4. The third-order valence-electron chi connectivity index (χ3n) is 5.91. The summed E-state index contributed by atoms with van der Waals surface area (Å²) in [5, 5.41) is 3.04. The van der Waals surface area contributed by atoms with Gasteiger partial charge in [0.25, 0.3) is 5.91 Å². The third-order valence-corrected chi connectivity index (χ3v) is 5.91. The van der Waals surface area contributed by atoms with Gasteiger partial charge < -0.3 is 15.0 Å². The smallest absolute Gasteiger partial charge is 0.261 e. The van der Waals surface area contributed by atoms with E-state index in [2.05, 4.69) is 26.1 Å². The van der Waals surface area contributed by atoms with Gasteiger partial charge in [-0.25, -0.2) is 0 Å². The third kappa shape index (κ3) is 7.62. The second-order valence-electron chi connectivity index (χ2n) is 9.78. The molecule has 0 heterocycles. The Morgan fingerprint density at radius 1 is 1.00 bits per heavy atom. The number of amides is 2. The van der Waals surface area contributed by atoms with Crippen molar-refractivity contribution in [3.8, 4) is 5.75 Å². The molecule has 5 heteroatoms. The Morgan fingerprint density at radius 2 is 1.64 bits per heavy atom. The molecule has 2 rings (SSSR count). The number of hydrogen-bond acceptors (Lipinski definition) is 3. The average molecular weight is 453 g/mol. The molecule has 2 atom stereocenters. The molecule has 0 bridgehead atoms. The normalized spacial score (nSPS) is 13.2. The average Bonchev–Trinajstić information content (AvgIpc) is 2.78. The molecular formula is C28H40N2O3. The van der Waals surface area contributed by atoms with Crippen LogP contribution in [0.2, 0.25) is 0 Å². The van der Waals surface area contributed by atoms with E-state index in [1.54, 1.807) is 4.90 Å². The van der Waals surface area contributed by atoms with Gasteiger partial charge in [-0.1, -0.05) is 82.6 Å². The molecule has 2 amide bonds. The predicted molar refractivity (Wildman–Crippen MR) is 134 cm³/mol. The Balaban J connectivity index is 2.27. The Labute approximate surface area is 199 Å². The van der Waals surface area contributed by atoms with Gasteiger partial charge in [-0.05, 0) is 49.3 Å². The molecule has 0 radical (unpaired) electrons. The Hall–Kier alpha value is -2.82. The van der Waals surface area contributed by atoms with Crippen LogP contribution in [0.1, 0.15) is 71.1 Å². The lowest BCUT2D eigenvalue weighted by molar-refractivity contribution is -0.143. The van der Waals surface area contributed by atoms with Crippen LogP contribution in [-0.2, 0) is 21.5 Å². The summed E-state index contributed by atoms with van der Waals surface area (Å²) in [6.07, 6.45) is 1.36. The van der Waals surface area contributed by atoms with E-state index in [4.69, 9.17) is 4.74 Å². The molecule has 0 aromatic heterocycles. The van der Waals surface area contributed by atoms with E-state index in [0.717, 1.165) is 23.1 Å². The fourth-order valence-electron chi connectivity index (χ4n) is 3.69. The van der Waals surface area contributed by atoms with E-state index < -0.39 is 6.04 Å². The van der Waals surface area contributed by atoms with E-state index >= 15 is 0 Å². The monoisotopic (exact) mass is 452 g/mol. The molecule has 0 fully saturated rings. The molecular weight excluding hydrogens is 412 g/mol. The van der Waals surface area contributed by atoms with Crippen LogP contribution in [-0.4, -0.2) is 35.4 Å². The number of benzene rings is 2. The molecule has 1 N–H and O–H groups in total. The van der Waals surface area contributed by atoms with Crippen molar-refractivity contribution in [1.82, 2.24) is 10.2 Å². The minimum Gasteiger partial charge on any atom is -0.483 e. The number of para-hydroxylation sites is 1. The highest BCUT2D eigenvalue weighted by molar-refractivity contribution is 5.88. The standard InChI is InChI=1S/C28H40N2O3/c1-8-21(4)29-27(32)24(9-2)30(18-22-16-14-20(3)15-17-22)26(31)19-33-25-13-11-10-12-23(25)28(5,6)7/h10-17,21,24H,8-9,18-19H2,1-7H3,(H,29,32)/t21-,24+/m1/s1. The number of aryl methyl sites for hydroxylation is 1. The summed E-state index contributed by atoms with van der Waals surface area (Å²) in [5.74, 6) is 0.374. The number of carbonyl (C=O) groups is 2. The van der Waals surface area contributed by atoms with E-state index in [1.165, 1.54) is 0 Å². The Kier molecular flexibility index (Phi) is 9.51. The maximum Gasteiger partial charge on any atom is 0.261 e. The molecule has 0 aliphatic rings. The summed E-state index contributed by atoms with van der Waals surface area (Å²) in [5.41, 5.74) is 3.08. The number of rotatable bonds is 10. The first-order valence-electron chi connectivity index (χ1n) is 11.9. The molecule has 33 heavy (non-hydrogen) atoms. The molecule has 2 aromatic rings. The molecule has 0 aliphatic heterocycles. The lowest BCUT2D eigenvalue weighted by atomic mass is 9.86. The van der Waals surface area contributed by atoms with Crippen molar-refractivity contribution in [2.24, 2.45) is 0 Å². The minimum atomic E-state index is -0.561. The summed E-state index contributed by atoms with van der Waals surface area (Å²) in [4.78, 5) is 28.1. The first kappa shape index (κ1) is 26.4.